The average Bonchev–Trinajstić information content (AvgIpc) is 3.02. The summed E-state index contributed by atoms with van der Waals surface area (Å²) in [6.07, 6.45) is 0. The highest BCUT2D eigenvalue weighted by atomic mass is 14.3. The third-order valence-corrected chi connectivity index (χ3v) is 9.19. The molecule has 0 radical (unpaired) electrons. The maximum atomic E-state index is 2.45. The Hall–Kier alpha value is -4.68. The van der Waals surface area contributed by atoms with Crippen LogP contribution in [0.25, 0.3) is 65.7 Å². The van der Waals surface area contributed by atoms with Gasteiger partial charge in [0.15, 0.2) is 0 Å². The molecule has 0 aromatic heterocycles. The number of fused-ring (bicyclic) bond motifs is 3. The van der Waals surface area contributed by atoms with Gasteiger partial charge in [0, 0.05) is 0 Å². The van der Waals surface area contributed by atoms with E-state index in [1.165, 1.54) is 76.8 Å². The van der Waals surface area contributed by atoms with E-state index in [4.69, 9.17) is 0 Å². The molecule has 0 bridgehead atoms. The van der Waals surface area contributed by atoms with Crippen LogP contribution < -0.4 is 0 Å². The molecule has 0 nitrogen and oxygen atoms in total. The Labute approximate surface area is 262 Å². The predicted molar refractivity (Wildman–Crippen MR) is 193 cm³/mol. The Morgan fingerprint density at radius 2 is 0.818 bits per heavy atom. The van der Waals surface area contributed by atoms with Gasteiger partial charge in [-0.1, -0.05) is 163 Å². The molecule has 0 atom stereocenters. The number of hydrogen-bond acceptors (Lipinski definition) is 0. The van der Waals surface area contributed by atoms with E-state index in [0.29, 0.717) is 0 Å². The normalized spacial score (nSPS) is 12.3. The summed E-state index contributed by atoms with van der Waals surface area (Å²) in [5.41, 5.74) is 10.4. The van der Waals surface area contributed by atoms with Crippen molar-refractivity contribution < 1.29 is 0 Å². The molecule has 0 unspecified atom stereocenters. The Kier molecular flexibility index (Phi) is 6.70. The van der Waals surface area contributed by atoms with Gasteiger partial charge in [-0.25, -0.2) is 0 Å². The van der Waals surface area contributed by atoms with E-state index in [9.17, 15) is 0 Å². The summed E-state index contributed by atoms with van der Waals surface area (Å²) in [5.74, 6) is 0. The van der Waals surface area contributed by atoms with Gasteiger partial charge in [0.1, 0.15) is 0 Å². The first kappa shape index (κ1) is 28.1. The summed E-state index contributed by atoms with van der Waals surface area (Å²) < 4.78 is 0. The lowest BCUT2D eigenvalue weighted by molar-refractivity contribution is 0.590. The van der Waals surface area contributed by atoms with Gasteiger partial charge in [0.25, 0.3) is 0 Å². The van der Waals surface area contributed by atoms with Crippen molar-refractivity contribution in [3.05, 3.63) is 145 Å². The molecule has 0 aliphatic rings. The molecule has 0 heteroatoms. The molecule has 0 fully saturated rings. The van der Waals surface area contributed by atoms with Crippen LogP contribution in [0.2, 0.25) is 0 Å². The van der Waals surface area contributed by atoms with Gasteiger partial charge >= 0.3 is 0 Å². The van der Waals surface area contributed by atoms with E-state index in [1.807, 2.05) is 0 Å². The van der Waals surface area contributed by atoms with Gasteiger partial charge in [0.05, 0.1) is 0 Å². The van der Waals surface area contributed by atoms with Gasteiger partial charge in [-0.3, -0.25) is 0 Å². The zero-order chi connectivity index (χ0) is 30.6. The molecule has 0 N–H and O–H groups in total. The van der Waals surface area contributed by atoms with Crippen molar-refractivity contribution in [2.45, 2.75) is 52.4 Å². The summed E-state index contributed by atoms with van der Waals surface area (Å²) >= 11 is 0. The van der Waals surface area contributed by atoms with Crippen LogP contribution in [0.5, 0.6) is 0 Å². The molecule has 44 heavy (non-hydrogen) atoms. The van der Waals surface area contributed by atoms with Crippen molar-refractivity contribution in [3.63, 3.8) is 0 Å². The van der Waals surface area contributed by atoms with E-state index in [0.717, 1.165) is 0 Å². The topological polar surface area (TPSA) is 0 Å². The van der Waals surface area contributed by atoms with Crippen LogP contribution in [0.15, 0.2) is 133 Å². The second kappa shape index (κ2) is 10.5. The zero-order valence-electron chi connectivity index (χ0n) is 26.7. The third kappa shape index (κ3) is 4.89. The molecular weight excluding hydrogens is 528 g/mol. The zero-order valence-corrected chi connectivity index (χ0v) is 26.7. The first-order valence-corrected chi connectivity index (χ1v) is 15.8. The fraction of sp³-hybridized carbons (Fsp3) is 0.182. The molecule has 7 rings (SSSR count). The fourth-order valence-electron chi connectivity index (χ4n) is 6.68. The molecule has 0 aliphatic carbocycles. The monoisotopic (exact) mass is 568 g/mol. The molecule has 7 aromatic carbocycles. The Morgan fingerprint density at radius 1 is 0.341 bits per heavy atom. The number of hydrogen-bond donors (Lipinski definition) is 0. The van der Waals surface area contributed by atoms with E-state index in [1.54, 1.807) is 0 Å². The summed E-state index contributed by atoms with van der Waals surface area (Å²) in [6, 6.07) is 49.8. The third-order valence-electron chi connectivity index (χ3n) is 9.19. The molecule has 0 spiro atoms. The van der Waals surface area contributed by atoms with Gasteiger partial charge in [0.2, 0.25) is 0 Å². The summed E-state index contributed by atoms with van der Waals surface area (Å²) in [7, 11) is 0. The maximum Gasteiger partial charge on any atom is -0.00263 e. The Bertz CT molecular complexity index is 2140. The van der Waals surface area contributed by atoms with Crippen LogP contribution in [0, 0.1) is 0 Å². The minimum absolute atomic E-state index is 0.0433. The molecule has 0 heterocycles. The quantitative estimate of drug-likeness (QED) is 0.186. The van der Waals surface area contributed by atoms with Crippen LogP contribution in [-0.2, 0) is 10.8 Å². The molecule has 0 saturated heterocycles. The lowest BCUT2D eigenvalue weighted by atomic mass is 9.79. The molecule has 7 aromatic rings. The van der Waals surface area contributed by atoms with Crippen molar-refractivity contribution in [1.29, 1.82) is 0 Å². The maximum absolute atomic E-state index is 2.45. The van der Waals surface area contributed by atoms with Crippen molar-refractivity contribution in [3.8, 4) is 33.4 Å². The lowest BCUT2D eigenvalue weighted by Crippen LogP contribution is -2.11. The highest BCUT2D eigenvalue weighted by Gasteiger charge is 2.22. The first-order chi connectivity index (χ1) is 21.1. The Morgan fingerprint density at radius 3 is 1.39 bits per heavy atom. The second-order valence-electron chi connectivity index (χ2n) is 14.2. The van der Waals surface area contributed by atoms with Crippen LogP contribution in [-0.4, -0.2) is 0 Å². The molecular formula is C44H40. The molecule has 0 amide bonds. The Balaban J connectivity index is 1.55. The number of rotatable bonds is 3. The predicted octanol–water partition coefficient (Wildman–Crippen LogP) is 12.7. The summed E-state index contributed by atoms with van der Waals surface area (Å²) in [5, 5.41) is 7.78. The van der Waals surface area contributed by atoms with Crippen molar-refractivity contribution >= 4 is 32.3 Å². The van der Waals surface area contributed by atoms with Crippen LogP contribution in [0.3, 0.4) is 0 Å². The molecule has 0 saturated carbocycles. The number of benzene rings is 7. The highest BCUT2D eigenvalue weighted by molar-refractivity contribution is 6.21. The second-order valence-corrected chi connectivity index (χ2v) is 14.2. The van der Waals surface area contributed by atoms with Crippen LogP contribution in [0.4, 0.5) is 0 Å². The van der Waals surface area contributed by atoms with Crippen molar-refractivity contribution in [2.75, 3.05) is 0 Å². The average molecular weight is 569 g/mol. The molecule has 0 aliphatic heterocycles. The fourth-order valence-corrected chi connectivity index (χ4v) is 6.68. The van der Waals surface area contributed by atoms with Crippen LogP contribution in [0.1, 0.15) is 52.7 Å². The minimum atomic E-state index is 0.0433. The minimum Gasteiger partial charge on any atom is -0.0622 e. The van der Waals surface area contributed by atoms with Crippen molar-refractivity contribution in [2.24, 2.45) is 0 Å². The summed E-state index contributed by atoms with van der Waals surface area (Å²) in [6.45, 7) is 13.8. The largest absolute Gasteiger partial charge is 0.0622 e. The van der Waals surface area contributed by atoms with E-state index in [2.05, 4.69) is 175 Å². The van der Waals surface area contributed by atoms with Gasteiger partial charge in [-0.05, 0) is 99.8 Å². The van der Waals surface area contributed by atoms with E-state index < -0.39 is 0 Å². The highest BCUT2D eigenvalue weighted by Crippen LogP contribution is 2.46. The van der Waals surface area contributed by atoms with E-state index >= 15 is 0 Å². The van der Waals surface area contributed by atoms with Crippen LogP contribution >= 0.6 is 0 Å². The molecule has 216 valence electrons. The lowest BCUT2D eigenvalue weighted by Gasteiger charge is -2.25. The smallest absolute Gasteiger partial charge is 0.00263 e. The van der Waals surface area contributed by atoms with Gasteiger partial charge < -0.3 is 0 Å². The van der Waals surface area contributed by atoms with Gasteiger partial charge in [-0.15, -0.1) is 0 Å². The SMILES string of the molecule is CC(C)(C)c1ccc2c(-c3ccc(-c4cccc5ccccc45)cc3)c3cc(C(C)(C)C)ccc3c(-c3ccccc3)c2c1. The van der Waals surface area contributed by atoms with E-state index in [-0.39, 0.29) is 10.8 Å². The summed E-state index contributed by atoms with van der Waals surface area (Å²) in [4.78, 5) is 0. The van der Waals surface area contributed by atoms with Gasteiger partial charge in [-0.2, -0.15) is 0 Å². The van der Waals surface area contributed by atoms with Crippen molar-refractivity contribution in [1.82, 2.24) is 0 Å². The standard InChI is InChI=1S/C44H40/c1-43(2,3)33-24-26-38-39(27-33)41(31-14-8-7-9-15-31)37-25-23-34(44(4,5)6)28-40(37)42(38)32-21-19-30(20-22-32)36-18-12-16-29-13-10-11-17-35(29)36/h7-28H,1-6H3. The first-order valence-electron chi connectivity index (χ1n) is 15.8.